The molecule has 0 radical (unpaired) electrons. The molecule has 4 nitrogen and oxygen atoms in total. The van der Waals surface area contributed by atoms with Gasteiger partial charge in [-0.25, -0.2) is 0 Å². The Balaban J connectivity index is 1.82. The molecule has 2 rings (SSSR count). The van der Waals surface area contributed by atoms with Gasteiger partial charge in [-0.05, 0) is 24.0 Å². The number of amides is 1. The molecule has 0 fully saturated rings. The third-order valence-electron chi connectivity index (χ3n) is 3.57. The zero-order chi connectivity index (χ0) is 13.7. The summed E-state index contributed by atoms with van der Waals surface area (Å²) in [6, 6.07) is 8.31. The number of fused-ring (bicyclic) bond motifs is 1. The van der Waals surface area contributed by atoms with E-state index in [9.17, 15) is 4.79 Å². The zero-order valence-electron chi connectivity index (χ0n) is 11.5. The average Bonchev–Trinajstić information content (AvgIpc) is 2.46. The topological polar surface area (TPSA) is 55.6 Å². The summed E-state index contributed by atoms with van der Waals surface area (Å²) in [5, 5.41) is 0. The monoisotopic (exact) mass is 262 g/mol. The third kappa shape index (κ3) is 3.78. The highest BCUT2D eigenvalue weighted by Gasteiger charge is 2.20. The summed E-state index contributed by atoms with van der Waals surface area (Å²) < 4.78 is 5.37. The Morgan fingerprint density at radius 1 is 1.42 bits per heavy atom. The van der Waals surface area contributed by atoms with Crippen molar-refractivity contribution in [1.29, 1.82) is 0 Å². The van der Waals surface area contributed by atoms with E-state index in [1.165, 1.54) is 11.1 Å². The smallest absolute Gasteiger partial charge is 0.248 e. The summed E-state index contributed by atoms with van der Waals surface area (Å²) in [4.78, 5) is 13.9. The van der Waals surface area contributed by atoms with Crippen molar-refractivity contribution in [2.24, 2.45) is 5.73 Å². The van der Waals surface area contributed by atoms with Gasteiger partial charge in [-0.15, -0.1) is 0 Å². The van der Waals surface area contributed by atoms with Gasteiger partial charge in [0.1, 0.15) is 6.61 Å². The predicted octanol–water partition coefficient (Wildman–Crippen LogP) is 1.33. The van der Waals surface area contributed by atoms with Gasteiger partial charge in [0.05, 0.1) is 6.61 Å². The number of nitrogens with two attached hydrogens (primary N) is 1. The second-order valence-electron chi connectivity index (χ2n) is 5.02. The number of benzene rings is 1. The van der Waals surface area contributed by atoms with Gasteiger partial charge in [-0.3, -0.25) is 4.79 Å². The highest BCUT2D eigenvalue weighted by Crippen LogP contribution is 2.18. The minimum absolute atomic E-state index is 0.0230. The van der Waals surface area contributed by atoms with Crippen LogP contribution in [0.3, 0.4) is 0 Å². The number of hydrogen-bond donors (Lipinski definition) is 1. The van der Waals surface area contributed by atoms with Gasteiger partial charge in [0.15, 0.2) is 0 Å². The predicted molar refractivity (Wildman–Crippen MR) is 74.6 cm³/mol. The van der Waals surface area contributed by atoms with Crippen molar-refractivity contribution in [1.82, 2.24) is 4.90 Å². The van der Waals surface area contributed by atoms with Crippen molar-refractivity contribution in [2.45, 2.75) is 32.4 Å². The molecular formula is C15H22N2O2. The molecule has 4 heteroatoms. The lowest BCUT2D eigenvalue weighted by molar-refractivity contribution is -0.137. The number of carbonyl (C=O) groups excluding carboxylic acids is 1. The zero-order valence-corrected chi connectivity index (χ0v) is 11.5. The van der Waals surface area contributed by atoms with Crippen molar-refractivity contribution in [3.63, 3.8) is 0 Å². The lowest BCUT2D eigenvalue weighted by Crippen LogP contribution is -2.39. The van der Waals surface area contributed by atoms with Crippen LogP contribution < -0.4 is 5.73 Å². The molecule has 0 aliphatic carbocycles. The Bertz CT molecular complexity index is 434. The molecule has 0 aromatic heterocycles. The highest BCUT2D eigenvalue weighted by atomic mass is 16.5. The Hall–Kier alpha value is -1.39. The van der Waals surface area contributed by atoms with Crippen LogP contribution in [-0.2, 0) is 22.5 Å². The van der Waals surface area contributed by atoms with Crippen LogP contribution in [-0.4, -0.2) is 36.6 Å². The molecule has 1 atom stereocenters. The first kappa shape index (κ1) is 14.0. The lowest BCUT2D eigenvalue weighted by atomic mass is 10.00. The molecule has 2 N–H and O–H groups in total. The molecule has 0 saturated heterocycles. The highest BCUT2D eigenvalue weighted by molar-refractivity contribution is 5.77. The number of nitrogens with zero attached hydrogens (tertiary/aromatic N) is 1. The molecule has 1 aromatic rings. The summed E-state index contributed by atoms with van der Waals surface area (Å²) in [5.41, 5.74) is 8.34. The summed E-state index contributed by atoms with van der Waals surface area (Å²) in [7, 11) is 0. The van der Waals surface area contributed by atoms with Gasteiger partial charge in [-0.1, -0.05) is 31.2 Å². The lowest BCUT2D eigenvalue weighted by Gasteiger charge is -2.28. The Morgan fingerprint density at radius 3 is 2.89 bits per heavy atom. The van der Waals surface area contributed by atoms with Crippen LogP contribution in [0.25, 0.3) is 0 Å². The molecule has 0 bridgehead atoms. The van der Waals surface area contributed by atoms with Crippen molar-refractivity contribution >= 4 is 5.91 Å². The number of hydrogen-bond acceptors (Lipinski definition) is 3. The van der Waals surface area contributed by atoms with Crippen LogP contribution in [0, 0.1) is 0 Å². The fourth-order valence-corrected chi connectivity index (χ4v) is 2.22. The number of carbonyl (C=O) groups is 1. The molecule has 0 spiro atoms. The van der Waals surface area contributed by atoms with Crippen LogP contribution in [0.4, 0.5) is 0 Å². The molecule has 1 aliphatic rings. The van der Waals surface area contributed by atoms with E-state index in [0.717, 1.165) is 19.4 Å². The number of rotatable bonds is 5. The first-order valence-electron chi connectivity index (χ1n) is 6.88. The molecular weight excluding hydrogens is 240 g/mol. The molecule has 1 aromatic carbocycles. The van der Waals surface area contributed by atoms with E-state index >= 15 is 0 Å². The van der Waals surface area contributed by atoms with Crippen LogP contribution in [0.5, 0.6) is 0 Å². The normalized spacial score (nSPS) is 16.0. The van der Waals surface area contributed by atoms with Crippen molar-refractivity contribution in [2.75, 3.05) is 19.8 Å². The molecule has 1 unspecified atom stereocenters. The average molecular weight is 262 g/mol. The second-order valence-corrected chi connectivity index (χ2v) is 5.02. The maximum Gasteiger partial charge on any atom is 0.248 e. The van der Waals surface area contributed by atoms with Gasteiger partial charge in [0.2, 0.25) is 5.91 Å². The SMILES string of the molecule is CCC(N)COCC(=O)N1CCc2ccccc2C1. The van der Waals surface area contributed by atoms with Gasteiger partial charge < -0.3 is 15.4 Å². The summed E-state index contributed by atoms with van der Waals surface area (Å²) >= 11 is 0. The van der Waals surface area contributed by atoms with Crippen LogP contribution >= 0.6 is 0 Å². The Labute approximate surface area is 114 Å². The molecule has 1 heterocycles. The quantitative estimate of drug-likeness (QED) is 0.871. The fourth-order valence-electron chi connectivity index (χ4n) is 2.22. The van der Waals surface area contributed by atoms with E-state index in [1.54, 1.807) is 0 Å². The summed E-state index contributed by atoms with van der Waals surface area (Å²) in [5.74, 6) is 0.0535. The minimum atomic E-state index is 0.0230. The third-order valence-corrected chi connectivity index (χ3v) is 3.57. The van der Waals surface area contributed by atoms with Gasteiger partial charge in [0, 0.05) is 19.1 Å². The van der Waals surface area contributed by atoms with E-state index < -0.39 is 0 Å². The van der Waals surface area contributed by atoms with Crippen molar-refractivity contribution < 1.29 is 9.53 Å². The van der Waals surface area contributed by atoms with Crippen LogP contribution in [0.2, 0.25) is 0 Å². The van der Waals surface area contributed by atoms with Crippen molar-refractivity contribution in [3.05, 3.63) is 35.4 Å². The molecule has 0 saturated carbocycles. The molecule has 1 amide bonds. The maximum absolute atomic E-state index is 12.0. The van der Waals surface area contributed by atoms with E-state index in [2.05, 4.69) is 12.1 Å². The first-order chi connectivity index (χ1) is 9.20. The molecule has 104 valence electrons. The first-order valence-corrected chi connectivity index (χ1v) is 6.88. The van der Waals surface area contributed by atoms with Gasteiger partial charge in [0.25, 0.3) is 0 Å². The largest absolute Gasteiger partial charge is 0.370 e. The van der Waals surface area contributed by atoms with Crippen LogP contribution in [0.1, 0.15) is 24.5 Å². The molecule has 1 aliphatic heterocycles. The Morgan fingerprint density at radius 2 is 2.16 bits per heavy atom. The van der Waals surface area contributed by atoms with Crippen molar-refractivity contribution in [3.8, 4) is 0 Å². The maximum atomic E-state index is 12.0. The standard InChI is InChI=1S/C15H22N2O2/c1-2-14(16)10-19-11-15(18)17-8-7-12-5-3-4-6-13(12)9-17/h3-6,14H,2,7-11,16H2,1H3. The van der Waals surface area contributed by atoms with E-state index in [0.29, 0.717) is 13.2 Å². The van der Waals surface area contributed by atoms with E-state index in [-0.39, 0.29) is 18.6 Å². The van der Waals surface area contributed by atoms with Gasteiger partial charge >= 0.3 is 0 Å². The Kier molecular flexibility index (Phi) is 4.93. The van der Waals surface area contributed by atoms with Crippen LogP contribution in [0.15, 0.2) is 24.3 Å². The van der Waals surface area contributed by atoms with Gasteiger partial charge in [-0.2, -0.15) is 0 Å². The summed E-state index contributed by atoms with van der Waals surface area (Å²) in [6.45, 7) is 4.07. The molecule has 19 heavy (non-hydrogen) atoms. The number of ether oxygens (including phenoxy) is 1. The summed E-state index contributed by atoms with van der Waals surface area (Å²) in [6.07, 6.45) is 1.79. The minimum Gasteiger partial charge on any atom is -0.370 e. The second kappa shape index (κ2) is 6.68. The van der Waals surface area contributed by atoms with E-state index in [1.807, 2.05) is 24.0 Å². The fraction of sp³-hybridized carbons (Fsp3) is 0.533. The van der Waals surface area contributed by atoms with E-state index in [4.69, 9.17) is 10.5 Å².